The first-order valence-corrected chi connectivity index (χ1v) is 10.4. The summed E-state index contributed by atoms with van der Waals surface area (Å²) in [6.07, 6.45) is 0. The van der Waals surface area contributed by atoms with E-state index >= 15 is 0 Å². The minimum atomic E-state index is -0.459. The zero-order valence-corrected chi connectivity index (χ0v) is 18.9. The van der Waals surface area contributed by atoms with Crippen LogP contribution in [0.4, 0.5) is 11.4 Å². The van der Waals surface area contributed by atoms with Gasteiger partial charge in [-0.05, 0) is 29.9 Å². The molecule has 3 aromatic rings. The molecule has 3 aromatic carbocycles. The Balaban J connectivity index is 1.89. The summed E-state index contributed by atoms with van der Waals surface area (Å²) in [6.45, 7) is 11.4. The molecule has 6 nitrogen and oxygen atoms in total. The van der Waals surface area contributed by atoms with Crippen molar-refractivity contribution in [1.29, 1.82) is 0 Å². The number of aromatic hydroxyl groups is 1. The van der Waals surface area contributed by atoms with E-state index in [1.165, 1.54) is 0 Å². The minimum absolute atomic E-state index is 0.0579. The van der Waals surface area contributed by atoms with Crippen LogP contribution in [-0.4, -0.2) is 24.3 Å². The van der Waals surface area contributed by atoms with E-state index in [1.807, 2.05) is 63.2 Å². The molecule has 0 aliphatic rings. The number of hydrogen-bond donors (Lipinski definition) is 1. The normalized spacial score (nSPS) is 11.6. The molecule has 0 unspecified atom stereocenters. The lowest BCUT2D eigenvalue weighted by molar-refractivity contribution is -0.139. The highest BCUT2D eigenvalue weighted by atomic mass is 16.6. The summed E-state index contributed by atoms with van der Waals surface area (Å²) < 4.78 is 10.8. The van der Waals surface area contributed by atoms with Gasteiger partial charge in [0.05, 0.1) is 5.69 Å². The molecule has 3 rings (SSSR count). The Morgan fingerprint density at radius 2 is 1.69 bits per heavy atom. The van der Waals surface area contributed by atoms with E-state index in [4.69, 9.17) is 9.47 Å². The standard InChI is InChI=1S/C26H28N2O4/c1-17(2)25(30)32-14-13-31-19-15-21(26(3,4)5)24(29)23(16-19)28-27-22-12-8-10-18-9-6-7-11-20(18)22/h6-12,15-16,29H,1,13-14H2,2-5H3. The first kappa shape index (κ1) is 23.0. The Bertz CT molecular complexity index is 1170. The Kier molecular flexibility index (Phi) is 6.93. The number of esters is 1. The molecule has 1 N–H and O–H groups in total. The molecular formula is C26H28N2O4. The number of benzene rings is 3. The predicted octanol–water partition coefficient (Wildman–Crippen LogP) is 6.76. The maximum atomic E-state index is 11.5. The highest BCUT2D eigenvalue weighted by Crippen LogP contribution is 2.42. The molecule has 0 saturated carbocycles. The highest BCUT2D eigenvalue weighted by molar-refractivity contribution is 5.92. The summed E-state index contributed by atoms with van der Waals surface area (Å²) in [7, 11) is 0. The molecule has 0 aliphatic heterocycles. The van der Waals surface area contributed by atoms with E-state index in [0.717, 1.165) is 10.8 Å². The Hall–Kier alpha value is -3.67. The predicted molar refractivity (Wildman–Crippen MR) is 126 cm³/mol. The fraction of sp³-hybridized carbons (Fsp3) is 0.269. The molecule has 0 radical (unpaired) electrons. The van der Waals surface area contributed by atoms with Gasteiger partial charge in [0, 0.05) is 22.6 Å². The summed E-state index contributed by atoms with van der Waals surface area (Å²) in [5, 5.41) is 21.6. The Morgan fingerprint density at radius 3 is 2.41 bits per heavy atom. The molecule has 32 heavy (non-hydrogen) atoms. The molecule has 0 spiro atoms. The van der Waals surface area contributed by atoms with Gasteiger partial charge in [0.25, 0.3) is 0 Å². The summed E-state index contributed by atoms with van der Waals surface area (Å²) >= 11 is 0. The van der Waals surface area contributed by atoms with Crippen LogP contribution in [-0.2, 0) is 14.9 Å². The smallest absolute Gasteiger partial charge is 0.333 e. The summed E-state index contributed by atoms with van der Waals surface area (Å²) in [5.74, 6) is 0.104. The number of hydrogen-bond acceptors (Lipinski definition) is 6. The summed E-state index contributed by atoms with van der Waals surface area (Å²) in [5.41, 5.74) is 1.68. The molecule has 0 fully saturated rings. The van der Waals surface area contributed by atoms with Crippen LogP contribution in [0.2, 0.25) is 0 Å². The van der Waals surface area contributed by atoms with Crippen molar-refractivity contribution >= 4 is 28.1 Å². The summed E-state index contributed by atoms with van der Waals surface area (Å²) in [4.78, 5) is 11.5. The molecular weight excluding hydrogens is 404 g/mol. The molecule has 0 heterocycles. The fourth-order valence-corrected chi connectivity index (χ4v) is 3.14. The van der Waals surface area contributed by atoms with Gasteiger partial charge in [-0.25, -0.2) is 4.79 Å². The van der Waals surface area contributed by atoms with Crippen LogP contribution in [0.5, 0.6) is 11.5 Å². The van der Waals surface area contributed by atoms with Crippen molar-refractivity contribution in [3.8, 4) is 11.5 Å². The van der Waals surface area contributed by atoms with Crippen LogP contribution in [0, 0.1) is 0 Å². The van der Waals surface area contributed by atoms with Crippen LogP contribution in [0.1, 0.15) is 33.3 Å². The SMILES string of the molecule is C=C(C)C(=O)OCCOc1cc(N=Nc2cccc3ccccc23)c(O)c(C(C)(C)C)c1. The fourth-order valence-electron chi connectivity index (χ4n) is 3.14. The molecule has 0 amide bonds. The van der Waals surface area contributed by atoms with Crippen LogP contribution >= 0.6 is 0 Å². The number of nitrogens with zero attached hydrogens (tertiary/aromatic N) is 2. The number of azo groups is 1. The topological polar surface area (TPSA) is 80.5 Å². The third-order valence-electron chi connectivity index (χ3n) is 4.84. The van der Waals surface area contributed by atoms with Gasteiger partial charge in [-0.2, -0.15) is 0 Å². The molecule has 0 aromatic heterocycles. The number of rotatable bonds is 7. The maximum absolute atomic E-state index is 11.5. The third-order valence-corrected chi connectivity index (χ3v) is 4.84. The van der Waals surface area contributed by atoms with E-state index in [9.17, 15) is 9.90 Å². The van der Waals surface area contributed by atoms with Crippen LogP contribution in [0.15, 0.2) is 77.0 Å². The van der Waals surface area contributed by atoms with Gasteiger partial charge in [0.2, 0.25) is 0 Å². The number of carbonyl (C=O) groups excluding carboxylic acids is 1. The lowest BCUT2D eigenvalue weighted by Gasteiger charge is -2.22. The van der Waals surface area contributed by atoms with Crippen LogP contribution in [0.25, 0.3) is 10.8 Å². The first-order valence-electron chi connectivity index (χ1n) is 10.4. The second-order valence-corrected chi connectivity index (χ2v) is 8.55. The second kappa shape index (κ2) is 9.64. The zero-order chi connectivity index (χ0) is 23.3. The molecule has 166 valence electrons. The molecule has 0 atom stereocenters. The number of phenols is 1. The van der Waals surface area contributed by atoms with Crippen molar-refractivity contribution in [2.24, 2.45) is 10.2 Å². The van der Waals surface area contributed by atoms with Gasteiger partial charge in [-0.1, -0.05) is 63.7 Å². The minimum Gasteiger partial charge on any atom is -0.505 e. The number of fused-ring (bicyclic) bond motifs is 1. The van der Waals surface area contributed by atoms with Gasteiger partial charge in [-0.3, -0.25) is 0 Å². The molecule has 0 aliphatic carbocycles. The maximum Gasteiger partial charge on any atom is 0.333 e. The summed E-state index contributed by atoms with van der Waals surface area (Å²) in [6, 6.07) is 17.1. The largest absolute Gasteiger partial charge is 0.505 e. The highest BCUT2D eigenvalue weighted by Gasteiger charge is 2.22. The van der Waals surface area contributed by atoms with Gasteiger partial charge < -0.3 is 14.6 Å². The number of phenolic OH excluding ortho intramolecular Hbond substituents is 1. The quantitative estimate of drug-likeness (QED) is 0.194. The second-order valence-electron chi connectivity index (χ2n) is 8.55. The van der Waals surface area contributed by atoms with Gasteiger partial charge in [0.15, 0.2) is 0 Å². The van der Waals surface area contributed by atoms with Crippen LogP contribution < -0.4 is 4.74 Å². The third kappa shape index (κ3) is 5.52. The molecule has 6 heteroatoms. The Morgan fingerprint density at radius 1 is 1.00 bits per heavy atom. The van der Waals surface area contributed by atoms with Crippen LogP contribution in [0.3, 0.4) is 0 Å². The van der Waals surface area contributed by atoms with Gasteiger partial charge >= 0.3 is 5.97 Å². The zero-order valence-electron chi connectivity index (χ0n) is 18.9. The first-order chi connectivity index (χ1) is 15.2. The van der Waals surface area contributed by atoms with E-state index in [0.29, 0.717) is 28.3 Å². The number of carbonyl (C=O) groups is 1. The van der Waals surface area contributed by atoms with Crippen molar-refractivity contribution in [2.75, 3.05) is 13.2 Å². The molecule has 0 bridgehead atoms. The van der Waals surface area contributed by atoms with Gasteiger partial charge in [0.1, 0.15) is 30.4 Å². The van der Waals surface area contributed by atoms with Crippen molar-refractivity contribution < 1.29 is 19.4 Å². The Labute approximate surface area is 188 Å². The lowest BCUT2D eigenvalue weighted by atomic mass is 9.86. The average molecular weight is 433 g/mol. The van der Waals surface area contributed by atoms with Crippen molar-refractivity contribution in [3.63, 3.8) is 0 Å². The van der Waals surface area contributed by atoms with E-state index in [-0.39, 0.29) is 24.4 Å². The lowest BCUT2D eigenvalue weighted by Crippen LogP contribution is -2.14. The van der Waals surface area contributed by atoms with Crippen molar-refractivity contribution in [1.82, 2.24) is 0 Å². The van der Waals surface area contributed by atoms with Gasteiger partial charge in [-0.15, -0.1) is 10.2 Å². The molecule has 0 saturated heterocycles. The van der Waals surface area contributed by atoms with Crippen molar-refractivity contribution in [2.45, 2.75) is 33.1 Å². The monoisotopic (exact) mass is 432 g/mol. The van der Waals surface area contributed by atoms with E-state index < -0.39 is 5.97 Å². The van der Waals surface area contributed by atoms with E-state index in [2.05, 4.69) is 16.8 Å². The number of ether oxygens (including phenoxy) is 2. The van der Waals surface area contributed by atoms with Crippen molar-refractivity contribution in [3.05, 3.63) is 72.3 Å². The average Bonchev–Trinajstić information content (AvgIpc) is 2.75. The van der Waals surface area contributed by atoms with E-state index in [1.54, 1.807) is 19.1 Å².